The SMILES string of the molecule is C1=CC(C2NC3C=CC(c4ccccc4)=CN3C2CN2CCOCC2)=CCN1. The molecular formula is C23H28N4O. The molecule has 4 aliphatic heterocycles. The van der Waals surface area contributed by atoms with E-state index in [2.05, 4.69) is 87.5 Å². The van der Waals surface area contributed by atoms with Crippen LogP contribution >= 0.6 is 0 Å². The lowest BCUT2D eigenvalue weighted by molar-refractivity contribution is 0.0285. The molecule has 1 aromatic rings. The highest BCUT2D eigenvalue weighted by atomic mass is 16.5. The maximum Gasteiger partial charge on any atom is 0.0994 e. The van der Waals surface area contributed by atoms with E-state index in [1.165, 1.54) is 16.7 Å². The second kappa shape index (κ2) is 7.95. The van der Waals surface area contributed by atoms with Crippen LogP contribution in [0.25, 0.3) is 5.57 Å². The first kappa shape index (κ1) is 17.7. The normalized spacial score (nSPS) is 29.9. The highest BCUT2D eigenvalue weighted by Crippen LogP contribution is 2.31. The molecule has 0 aromatic heterocycles. The van der Waals surface area contributed by atoms with Gasteiger partial charge in [0.25, 0.3) is 0 Å². The summed E-state index contributed by atoms with van der Waals surface area (Å²) in [6, 6.07) is 11.4. The van der Waals surface area contributed by atoms with E-state index in [1.807, 2.05) is 0 Å². The van der Waals surface area contributed by atoms with Gasteiger partial charge in [0, 0.05) is 32.4 Å². The van der Waals surface area contributed by atoms with Gasteiger partial charge >= 0.3 is 0 Å². The van der Waals surface area contributed by atoms with E-state index >= 15 is 0 Å². The van der Waals surface area contributed by atoms with Crippen LogP contribution in [-0.2, 0) is 4.74 Å². The molecule has 28 heavy (non-hydrogen) atoms. The topological polar surface area (TPSA) is 39.8 Å². The third-order valence-electron chi connectivity index (χ3n) is 6.05. The first-order valence-electron chi connectivity index (χ1n) is 10.3. The van der Waals surface area contributed by atoms with Crippen LogP contribution < -0.4 is 10.6 Å². The van der Waals surface area contributed by atoms with Crippen molar-refractivity contribution >= 4 is 5.57 Å². The molecule has 4 heterocycles. The van der Waals surface area contributed by atoms with Crippen molar-refractivity contribution in [2.45, 2.75) is 18.2 Å². The summed E-state index contributed by atoms with van der Waals surface area (Å²) in [6.07, 6.45) is 13.8. The van der Waals surface area contributed by atoms with Crippen LogP contribution in [0.4, 0.5) is 0 Å². The van der Waals surface area contributed by atoms with Gasteiger partial charge in [-0.3, -0.25) is 10.2 Å². The molecule has 0 saturated carbocycles. The molecule has 0 amide bonds. The summed E-state index contributed by atoms with van der Waals surface area (Å²) in [7, 11) is 0. The van der Waals surface area contributed by atoms with Crippen LogP contribution in [0.3, 0.4) is 0 Å². The third-order valence-corrected chi connectivity index (χ3v) is 6.05. The molecule has 2 saturated heterocycles. The Morgan fingerprint density at radius 1 is 1.07 bits per heavy atom. The number of nitrogens with zero attached hydrogens (tertiary/aromatic N) is 2. The number of fused-ring (bicyclic) bond motifs is 1. The Hall–Kier alpha value is -2.34. The van der Waals surface area contributed by atoms with Gasteiger partial charge in [0.2, 0.25) is 0 Å². The summed E-state index contributed by atoms with van der Waals surface area (Å²) in [6.45, 7) is 5.66. The molecule has 5 heteroatoms. The second-order valence-electron chi connectivity index (χ2n) is 7.77. The zero-order chi connectivity index (χ0) is 18.8. The zero-order valence-corrected chi connectivity index (χ0v) is 16.1. The maximum absolute atomic E-state index is 5.56. The van der Waals surface area contributed by atoms with Gasteiger partial charge in [-0.1, -0.05) is 42.5 Å². The lowest BCUT2D eigenvalue weighted by Crippen LogP contribution is -2.48. The molecule has 0 bridgehead atoms. The first-order valence-corrected chi connectivity index (χ1v) is 10.3. The van der Waals surface area contributed by atoms with Gasteiger partial charge in [0.05, 0.1) is 31.5 Å². The lowest BCUT2D eigenvalue weighted by Gasteiger charge is -2.36. The predicted molar refractivity (Wildman–Crippen MR) is 112 cm³/mol. The number of nitrogens with one attached hydrogen (secondary N) is 2. The van der Waals surface area contributed by atoms with Crippen LogP contribution in [-0.4, -0.2) is 67.4 Å². The number of ether oxygens (including phenoxy) is 1. The number of morpholine rings is 1. The van der Waals surface area contributed by atoms with Crippen molar-refractivity contribution in [3.05, 3.63) is 78.2 Å². The quantitative estimate of drug-likeness (QED) is 0.841. The third kappa shape index (κ3) is 3.53. The first-order chi connectivity index (χ1) is 13.9. The van der Waals surface area contributed by atoms with Crippen LogP contribution in [0.5, 0.6) is 0 Å². The number of rotatable bonds is 4. The van der Waals surface area contributed by atoms with Gasteiger partial charge in [0.15, 0.2) is 0 Å². The van der Waals surface area contributed by atoms with E-state index in [0.717, 1.165) is 39.4 Å². The summed E-state index contributed by atoms with van der Waals surface area (Å²) in [5.41, 5.74) is 3.93. The number of benzene rings is 1. The van der Waals surface area contributed by atoms with Crippen molar-refractivity contribution in [3.63, 3.8) is 0 Å². The van der Waals surface area contributed by atoms with Gasteiger partial charge in [-0.15, -0.1) is 0 Å². The Balaban J connectivity index is 1.44. The molecule has 146 valence electrons. The predicted octanol–water partition coefficient (Wildman–Crippen LogP) is 1.94. The zero-order valence-electron chi connectivity index (χ0n) is 16.1. The van der Waals surface area contributed by atoms with E-state index in [9.17, 15) is 0 Å². The fourth-order valence-corrected chi connectivity index (χ4v) is 4.56. The second-order valence-corrected chi connectivity index (χ2v) is 7.77. The lowest BCUT2D eigenvalue weighted by atomic mass is 9.97. The van der Waals surface area contributed by atoms with Crippen LogP contribution in [0.15, 0.2) is 72.6 Å². The standard InChI is InChI=1S/C23H28N4O/c1-2-4-18(5-3-1)20-6-7-22-25-23(19-8-10-24-11-9-19)21(27(22)16-20)17-26-12-14-28-15-13-26/h1-10,16,21-25H,11-15,17H2. The molecule has 5 nitrogen and oxygen atoms in total. The molecular weight excluding hydrogens is 348 g/mol. The Labute approximate surface area is 167 Å². The average molecular weight is 377 g/mol. The average Bonchev–Trinajstić information content (AvgIpc) is 3.13. The van der Waals surface area contributed by atoms with Crippen LogP contribution in [0, 0.1) is 0 Å². The number of allylic oxidation sites excluding steroid dienone is 2. The van der Waals surface area contributed by atoms with Gasteiger partial charge in [0.1, 0.15) is 0 Å². The molecule has 3 unspecified atom stereocenters. The monoisotopic (exact) mass is 376 g/mol. The fraction of sp³-hybridized carbons (Fsp3) is 0.391. The van der Waals surface area contributed by atoms with Crippen molar-refractivity contribution in [3.8, 4) is 0 Å². The Morgan fingerprint density at radius 3 is 2.71 bits per heavy atom. The van der Waals surface area contributed by atoms with Crippen molar-refractivity contribution in [1.29, 1.82) is 0 Å². The molecule has 5 rings (SSSR count). The van der Waals surface area contributed by atoms with Gasteiger partial charge in [-0.2, -0.15) is 0 Å². The summed E-state index contributed by atoms with van der Waals surface area (Å²) >= 11 is 0. The Morgan fingerprint density at radius 2 is 1.93 bits per heavy atom. The Bertz CT molecular complexity index is 807. The summed E-state index contributed by atoms with van der Waals surface area (Å²) in [5.74, 6) is 0. The minimum Gasteiger partial charge on any atom is -0.387 e. The molecule has 1 aromatic carbocycles. The molecule has 0 aliphatic carbocycles. The van der Waals surface area contributed by atoms with Crippen LogP contribution in [0.2, 0.25) is 0 Å². The highest BCUT2D eigenvalue weighted by molar-refractivity contribution is 5.75. The smallest absolute Gasteiger partial charge is 0.0994 e. The van der Waals surface area contributed by atoms with Crippen molar-refractivity contribution < 1.29 is 4.74 Å². The minimum absolute atomic E-state index is 0.243. The number of hydrogen-bond donors (Lipinski definition) is 2. The largest absolute Gasteiger partial charge is 0.387 e. The van der Waals surface area contributed by atoms with Crippen LogP contribution in [0.1, 0.15) is 5.56 Å². The molecule has 0 spiro atoms. The van der Waals surface area contributed by atoms with E-state index in [4.69, 9.17) is 4.74 Å². The summed E-state index contributed by atoms with van der Waals surface area (Å²) in [5, 5.41) is 7.14. The van der Waals surface area contributed by atoms with E-state index in [0.29, 0.717) is 12.1 Å². The van der Waals surface area contributed by atoms with Crippen molar-refractivity contribution in [2.24, 2.45) is 0 Å². The van der Waals surface area contributed by atoms with E-state index < -0.39 is 0 Å². The molecule has 2 fully saturated rings. The van der Waals surface area contributed by atoms with Crippen molar-refractivity contribution in [1.82, 2.24) is 20.4 Å². The summed E-state index contributed by atoms with van der Waals surface area (Å²) in [4.78, 5) is 5.07. The van der Waals surface area contributed by atoms with Gasteiger partial charge in [-0.25, -0.2) is 0 Å². The number of hydrogen-bond acceptors (Lipinski definition) is 5. The fourth-order valence-electron chi connectivity index (χ4n) is 4.56. The molecule has 2 N–H and O–H groups in total. The van der Waals surface area contributed by atoms with E-state index in [-0.39, 0.29) is 6.17 Å². The maximum atomic E-state index is 5.56. The van der Waals surface area contributed by atoms with Crippen molar-refractivity contribution in [2.75, 3.05) is 39.4 Å². The molecule has 3 atom stereocenters. The minimum atomic E-state index is 0.243. The van der Waals surface area contributed by atoms with E-state index in [1.54, 1.807) is 0 Å². The Kier molecular flexibility index (Phi) is 5.04. The highest BCUT2D eigenvalue weighted by Gasteiger charge is 2.41. The van der Waals surface area contributed by atoms with Gasteiger partial charge in [-0.05, 0) is 35.1 Å². The number of dihydropyridines is 1. The molecule has 0 radical (unpaired) electrons. The summed E-state index contributed by atoms with van der Waals surface area (Å²) < 4.78 is 5.56. The van der Waals surface area contributed by atoms with Gasteiger partial charge < -0.3 is 15.0 Å². The molecule has 4 aliphatic rings.